The van der Waals surface area contributed by atoms with Crippen LogP contribution in [0, 0.1) is 0 Å². The molecule has 3 aromatic carbocycles. The van der Waals surface area contributed by atoms with Crippen LogP contribution in [0.3, 0.4) is 0 Å². The Morgan fingerprint density at radius 1 is 1.07 bits per heavy atom. The number of hydrogen-bond acceptors (Lipinski definition) is 5. The molecule has 8 nitrogen and oxygen atoms in total. The molecule has 2 heterocycles. The first-order chi connectivity index (χ1) is 19.3. The first-order valence-electron chi connectivity index (χ1n) is 12.5. The van der Waals surface area contributed by atoms with E-state index in [1.54, 1.807) is 11.8 Å². The number of ether oxygens (including phenoxy) is 1. The molecule has 1 fully saturated rings. The van der Waals surface area contributed by atoms with Crippen LogP contribution in [-0.2, 0) is 13.0 Å². The molecule has 1 aromatic heterocycles. The molecule has 0 atom stereocenters. The van der Waals surface area contributed by atoms with Gasteiger partial charge in [0, 0.05) is 30.1 Å². The second-order valence-corrected chi connectivity index (χ2v) is 9.85. The number of nitrogens with zero attached hydrogens (tertiary/aromatic N) is 5. The maximum Gasteiger partial charge on any atom is 0.573 e. The van der Waals surface area contributed by atoms with E-state index in [2.05, 4.69) is 49.1 Å². The molecule has 0 saturated carbocycles. The van der Waals surface area contributed by atoms with Crippen molar-refractivity contribution in [3.8, 4) is 22.8 Å². The Bertz CT molecular complexity index is 1500. The van der Waals surface area contributed by atoms with Gasteiger partial charge in [0.2, 0.25) is 0 Å². The minimum Gasteiger partial charge on any atom is -0.406 e. The molecule has 1 N–H and O–H groups in total. The Morgan fingerprint density at radius 2 is 1.82 bits per heavy atom. The number of carbonyl (C=O) groups excluding carboxylic acids is 1. The van der Waals surface area contributed by atoms with Gasteiger partial charge in [0.15, 0.2) is 11.0 Å². The van der Waals surface area contributed by atoms with Crippen molar-refractivity contribution < 1.29 is 22.7 Å². The van der Waals surface area contributed by atoms with Gasteiger partial charge in [0.1, 0.15) is 12.1 Å². The Kier molecular flexibility index (Phi) is 8.06. The zero-order valence-corrected chi connectivity index (χ0v) is 22.2. The number of alkyl halides is 3. The normalized spacial score (nSPS) is 14.5. The van der Waals surface area contributed by atoms with E-state index < -0.39 is 12.4 Å². The molecular formula is C28H25F3N6O2S. The number of anilines is 1. The first-order valence-corrected chi connectivity index (χ1v) is 13.5. The van der Waals surface area contributed by atoms with Crippen molar-refractivity contribution in [2.45, 2.75) is 26.3 Å². The second kappa shape index (κ2) is 11.8. The number of aryl methyl sites for hydroxylation is 1. The van der Waals surface area contributed by atoms with Crippen LogP contribution in [0.25, 0.3) is 17.1 Å². The summed E-state index contributed by atoms with van der Waals surface area (Å²) < 4.78 is 42.5. The summed E-state index contributed by atoms with van der Waals surface area (Å²) in [6.07, 6.45) is -2.37. The van der Waals surface area contributed by atoms with E-state index in [0.717, 1.165) is 35.5 Å². The summed E-state index contributed by atoms with van der Waals surface area (Å²) in [5, 5.41) is 7.95. The van der Waals surface area contributed by atoms with Gasteiger partial charge in [0.05, 0.1) is 5.69 Å². The van der Waals surface area contributed by atoms with Crippen LogP contribution in [0.4, 0.5) is 23.7 Å². The molecule has 1 saturated heterocycles. The first kappa shape index (κ1) is 27.3. The van der Waals surface area contributed by atoms with Crippen LogP contribution in [0.1, 0.15) is 18.1 Å². The van der Waals surface area contributed by atoms with Gasteiger partial charge in [-0.3, -0.25) is 0 Å². The predicted octanol–water partition coefficient (Wildman–Crippen LogP) is 6.21. The lowest BCUT2D eigenvalue weighted by atomic mass is 10.1. The lowest BCUT2D eigenvalue weighted by molar-refractivity contribution is -0.274. The lowest BCUT2D eigenvalue weighted by Crippen LogP contribution is -2.28. The van der Waals surface area contributed by atoms with E-state index in [1.165, 1.54) is 40.8 Å². The highest BCUT2D eigenvalue weighted by Gasteiger charge is 2.31. The number of carbonyl (C=O) groups is 1. The van der Waals surface area contributed by atoms with Gasteiger partial charge in [-0.15, -0.1) is 18.3 Å². The summed E-state index contributed by atoms with van der Waals surface area (Å²) in [5.41, 5.74) is 4.46. The standard InChI is InChI=1S/C28H25F3N6O2S/c1-2-20-5-3-4-6-24(20)36-15-16-40-27(36)34-26(38)32-17-19-7-9-21(10-8-19)25-33-18-37(35-25)22-11-13-23(14-12-22)39-28(29,30)31/h3-14,18H,2,15-17H2,1H3,(H,32,38). The van der Waals surface area contributed by atoms with E-state index in [4.69, 9.17) is 0 Å². The van der Waals surface area contributed by atoms with Crippen molar-refractivity contribution in [2.75, 3.05) is 17.2 Å². The van der Waals surface area contributed by atoms with Gasteiger partial charge in [0.25, 0.3) is 0 Å². The molecule has 4 aromatic rings. The highest BCUT2D eigenvalue weighted by atomic mass is 32.2. The maximum absolute atomic E-state index is 12.6. The van der Waals surface area contributed by atoms with Crippen molar-refractivity contribution in [1.29, 1.82) is 0 Å². The van der Waals surface area contributed by atoms with Crippen molar-refractivity contribution in [1.82, 2.24) is 20.1 Å². The number of nitrogens with one attached hydrogen (secondary N) is 1. The number of amidine groups is 1. The molecule has 0 spiro atoms. The van der Waals surface area contributed by atoms with Crippen LogP contribution < -0.4 is 15.0 Å². The summed E-state index contributed by atoms with van der Waals surface area (Å²) >= 11 is 1.56. The molecule has 0 unspecified atom stereocenters. The summed E-state index contributed by atoms with van der Waals surface area (Å²) in [4.78, 5) is 23.3. The molecule has 5 rings (SSSR count). The minimum atomic E-state index is -4.75. The molecule has 206 valence electrons. The quantitative estimate of drug-likeness (QED) is 0.286. The Labute approximate surface area is 232 Å². The number of hydrogen-bond donors (Lipinski definition) is 1. The van der Waals surface area contributed by atoms with Gasteiger partial charge in [-0.2, -0.15) is 4.99 Å². The van der Waals surface area contributed by atoms with Gasteiger partial charge < -0.3 is 15.0 Å². The van der Waals surface area contributed by atoms with E-state index >= 15 is 0 Å². The van der Waals surface area contributed by atoms with Gasteiger partial charge >= 0.3 is 12.4 Å². The zero-order chi connectivity index (χ0) is 28.1. The Hall–Kier alpha value is -4.32. The largest absolute Gasteiger partial charge is 0.573 e. The third kappa shape index (κ3) is 6.63. The minimum absolute atomic E-state index is 0.306. The smallest absolute Gasteiger partial charge is 0.406 e. The third-order valence-electron chi connectivity index (χ3n) is 6.12. The Morgan fingerprint density at radius 3 is 2.55 bits per heavy atom. The SMILES string of the molecule is CCc1ccccc1N1CCSC1=NC(=O)NCc1ccc(-c2ncn(-c3ccc(OC(F)(F)F)cc3)n2)cc1. The second-order valence-electron chi connectivity index (χ2n) is 8.79. The van der Waals surface area contributed by atoms with Crippen LogP contribution in [0.2, 0.25) is 0 Å². The molecule has 1 aliphatic rings. The molecule has 1 aliphatic heterocycles. The molecule has 2 amide bonds. The van der Waals surface area contributed by atoms with Crippen molar-refractivity contribution in [3.05, 3.63) is 90.3 Å². The van der Waals surface area contributed by atoms with Crippen molar-refractivity contribution in [3.63, 3.8) is 0 Å². The fourth-order valence-corrected chi connectivity index (χ4v) is 5.14. The average Bonchev–Trinajstić information content (AvgIpc) is 3.62. The topological polar surface area (TPSA) is 84.6 Å². The number of benzene rings is 3. The van der Waals surface area contributed by atoms with Crippen LogP contribution in [0.5, 0.6) is 5.75 Å². The zero-order valence-electron chi connectivity index (χ0n) is 21.4. The van der Waals surface area contributed by atoms with Crippen molar-refractivity contribution >= 4 is 28.6 Å². The average molecular weight is 567 g/mol. The van der Waals surface area contributed by atoms with Crippen LogP contribution >= 0.6 is 11.8 Å². The third-order valence-corrected chi connectivity index (χ3v) is 7.08. The number of aromatic nitrogens is 3. The van der Waals surface area contributed by atoms with Gasteiger partial charge in [-0.1, -0.05) is 61.2 Å². The van der Waals surface area contributed by atoms with E-state index in [1.807, 2.05) is 36.4 Å². The van der Waals surface area contributed by atoms with E-state index in [-0.39, 0.29) is 5.75 Å². The number of aliphatic imine (C=N–C) groups is 1. The predicted molar refractivity (Wildman–Crippen MR) is 149 cm³/mol. The molecule has 12 heteroatoms. The summed E-state index contributed by atoms with van der Waals surface area (Å²) in [7, 11) is 0. The van der Waals surface area contributed by atoms with Crippen molar-refractivity contribution in [2.24, 2.45) is 4.99 Å². The highest BCUT2D eigenvalue weighted by molar-refractivity contribution is 8.14. The highest BCUT2D eigenvalue weighted by Crippen LogP contribution is 2.29. The molecule has 0 radical (unpaired) electrons. The van der Waals surface area contributed by atoms with E-state index in [9.17, 15) is 18.0 Å². The fourth-order valence-electron chi connectivity index (χ4n) is 4.19. The fraction of sp³-hybridized carbons (Fsp3) is 0.214. The van der Waals surface area contributed by atoms with Crippen LogP contribution in [-0.4, -0.2) is 44.6 Å². The van der Waals surface area contributed by atoms with Gasteiger partial charge in [-0.25, -0.2) is 14.5 Å². The van der Waals surface area contributed by atoms with E-state index in [0.29, 0.717) is 23.2 Å². The number of amides is 2. The molecule has 40 heavy (non-hydrogen) atoms. The number of rotatable bonds is 7. The van der Waals surface area contributed by atoms with Crippen LogP contribution in [0.15, 0.2) is 84.1 Å². The summed E-state index contributed by atoms with van der Waals surface area (Å²) in [6, 6.07) is 20.5. The van der Waals surface area contributed by atoms with Gasteiger partial charge in [-0.05, 0) is 47.9 Å². The summed E-state index contributed by atoms with van der Waals surface area (Å²) in [5.74, 6) is 1.00. The molecule has 0 bridgehead atoms. The lowest BCUT2D eigenvalue weighted by Gasteiger charge is -2.20. The monoisotopic (exact) mass is 566 g/mol. The number of halogens is 3. The number of urea groups is 1. The maximum atomic E-state index is 12.6. The number of thioether (sulfide) groups is 1. The summed E-state index contributed by atoms with van der Waals surface area (Å²) in [6.45, 7) is 3.22. The Balaban J connectivity index is 1.19. The number of para-hydroxylation sites is 1. The molecular weight excluding hydrogens is 541 g/mol. The molecule has 0 aliphatic carbocycles.